The molecular weight excluding hydrogens is 289 g/mol. The second kappa shape index (κ2) is 4.65. The number of carbonyl (C=O) groups excluding carboxylic acids is 1. The molecular formula is C13H9Cl2NOS. The van der Waals surface area contributed by atoms with E-state index in [1.165, 1.54) is 11.3 Å². The number of hydrogen-bond acceptors (Lipinski definition) is 3. The van der Waals surface area contributed by atoms with Crippen LogP contribution in [0.3, 0.4) is 0 Å². The molecule has 1 aromatic carbocycles. The molecule has 0 fully saturated rings. The van der Waals surface area contributed by atoms with Gasteiger partial charge in [-0.3, -0.25) is 4.79 Å². The average Bonchev–Trinajstić information content (AvgIpc) is 2.74. The number of fused-ring (bicyclic) bond motifs is 1. The molecule has 0 saturated carbocycles. The molecule has 0 N–H and O–H groups in total. The highest BCUT2D eigenvalue weighted by atomic mass is 35.5. The maximum Gasteiger partial charge on any atom is 0.174 e. The van der Waals surface area contributed by atoms with Gasteiger partial charge in [-0.1, -0.05) is 29.3 Å². The van der Waals surface area contributed by atoms with E-state index in [1.807, 2.05) is 0 Å². The number of hydrogen-bond donors (Lipinski definition) is 0. The molecule has 0 spiro atoms. The van der Waals surface area contributed by atoms with Crippen molar-refractivity contribution in [1.82, 2.24) is 4.98 Å². The molecule has 92 valence electrons. The molecule has 0 bridgehead atoms. The molecule has 0 radical (unpaired) electrons. The van der Waals surface area contributed by atoms with Crippen LogP contribution in [0.5, 0.6) is 0 Å². The van der Waals surface area contributed by atoms with Gasteiger partial charge in [0.2, 0.25) is 0 Å². The summed E-state index contributed by atoms with van der Waals surface area (Å²) in [6.07, 6.45) is 2.36. The van der Waals surface area contributed by atoms with E-state index in [-0.39, 0.29) is 5.78 Å². The van der Waals surface area contributed by atoms with Crippen molar-refractivity contribution in [3.63, 3.8) is 0 Å². The maximum atomic E-state index is 11.8. The molecule has 0 unspecified atom stereocenters. The lowest BCUT2D eigenvalue weighted by Gasteiger charge is -2.06. The van der Waals surface area contributed by atoms with E-state index in [2.05, 4.69) is 4.98 Å². The molecule has 1 aliphatic carbocycles. The highest BCUT2D eigenvalue weighted by Crippen LogP contribution is 2.39. The van der Waals surface area contributed by atoms with E-state index in [4.69, 9.17) is 23.2 Å². The molecule has 3 rings (SSSR count). The van der Waals surface area contributed by atoms with Gasteiger partial charge in [0.1, 0.15) is 5.01 Å². The van der Waals surface area contributed by atoms with Crippen LogP contribution in [0.15, 0.2) is 18.2 Å². The van der Waals surface area contributed by atoms with Crippen LogP contribution in [0.2, 0.25) is 10.0 Å². The van der Waals surface area contributed by atoms with E-state index in [9.17, 15) is 4.79 Å². The van der Waals surface area contributed by atoms with Gasteiger partial charge in [-0.15, -0.1) is 11.3 Å². The van der Waals surface area contributed by atoms with Crippen LogP contribution in [0.25, 0.3) is 10.6 Å². The largest absolute Gasteiger partial charge is 0.293 e. The van der Waals surface area contributed by atoms with Crippen LogP contribution in [-0.2, 0) is 6.42 Å². The van der Waals surface area contributed by atoms with Crippen LogP contribution in [0.4, 0.5) is 0 Å². The number of aromatic nitrogens is 1. The predicted octanol–water partition coefficient (Wildman–Crippen LogP) is 4.64. The Morgan fingerprint density at radius 1 is 1.17 bits per heavy atom. The van der Waals surface area contributed by atoms with Crippen molar-refractivity contribution in [2.24, 2.45) is 0 Å². The summed E-state index contributed by atoms with van der Waals surface area (Å²) in [6.45, 7) is 0. The Bertz CT molecular complexity index is 616. The summed E-state index contributed by atoms with van der Waals surface area (Å²) in [7, 11) is 0. The number of carbonyl (C=O) groups is 1. The standard InChI is InChI=1S/C13H9Cl2NOS/c14-7-3-1-4-8(15)11(7)13-16-9-5-2-6-10(17)12(9)18-13/h1,3-4H,2,5-6H2. The van der Waals surface area contributed by atoms with Crippen molar-refractivity contribution in [2.75, 3.05) is 0 Å². The highest BCUT2D eigenvalue weighted by Gasteiger charge is 2.24. The predicted molar refractivity (Wildman–Crippen MR) is 74.8 cm³/mol. The second-order valence-corrected chi connectivity index (χ2v) is 5.98. The van der Waals surface area contributed by atoms with Gasteiger partial charge >= 0.3 is 0 Å². The summed E-state index contributed by atoms with van der Waals surface area (Å²) in [5.74, 6) is 0.183. The van der Waals surface area contributed by atoms with E-state index < -0.39 is 0 Å². The lowest BCUT2D eigenvalue weighted by atomic mass is 10.0. The normalized spacial score (nSPS) is 14.7. The van der Waals surface area contributed by atoms with Gasteiger partial charge in [-0.2, -0.15) is 0 Å². The van der Waals surface area contributed by atoms with Gasteiger partial charge in [-0.25, -0.2) is 4.98 Å². The summed E-state index contributed by atoms with van der Waals surface area (Å²) < 4.78 is 0. The first-order valence-corrected chi connectivity index (χ1v) is 7.21. The SMILES string of the molecule is O=C1CCCc2nc(-c3c(Cl)cccc3Cl)sc21. The molecule has 0 amide bonds. The Kier molecular flexibility index (Phi) is 3.14. The van der Waals surface area contributed by atoms with Gasteiger partial charge < -0.3 is 0 Å². The first kappa shape index (κ1) is 12.2. The first-order valence-electron chi connectivity index (χ1n) is 5.64. The minimum atomic E-state index is 0.183. The molecule has 0 aliphatic heterocycles. The molecule has 1 aromatic heterocycles. The quantitative estimate of drug-likeness (QED) is 0.768. The monoisotopic (exact) mass is 297 g/mol. The van der Waals surface area contributed by atoms with Crippen LogP contribution >= 0.6 is 34.5 Å². The Morgan fingerprint density at radius 2 is 1.89 bits per heavy atom. The molecule has 0 saturated heterocycles. The van der Waals surface area contributed by atoms with Gasteiger partial charge in [0.15, 0.2) is 5.78 Å². The zero-order chi connectivity index (χ0) is 12.7. The molecule has 2 nitrogen and oxygen atoms in total. The summed E-state index contributed by atoms with van der Waals surface area (Å²) in [6, 6.07) is 5.36. The first-order chi connectivity index (χ1) is 8.66. The summed E-state index contributed by atoms with van der Waals surface area (Å²) in [4.78, 5) is 17.1. The minimum Gasteiger partial charge on any atom is -0.293 e. The van der Waals surface area contributed by atoms with E-state index in [0.717, 1.165) is 34.0 Å². The number of aryl methyl sites for hydroxylation is 1. The number of thiazole rings is 1. The summed E-state index contributed by atoms with van der Waals surface area (Å²) >= 11 is 13.7. The molecule has 1 aliphatic rings. The van der Waals surface area contributed by atoms with E-state index >= 15 is 0 Å². The van der Waals surface area contributed by atoms with Gasteiger partial charge in [0, 0.05) is 12.0 Å². The summed E-state index contributed by atoms with van der Waals surface area (Å²) in [5.41, 5.74) is 1.62. The van der Waals surface area contributed by atoms with Crippen molar-refractivity contribution in [1.29, 1.82) is 0 Å². The zero-order valence-electron chi connectivity index (χ0n) is 9.37. The minimum absolute atomic E-state index is 0.183. The zero-order valence-corrected chi connectivity index (χ0v) is 11.7. The molecule has 18 heavy (non-hydrogen) atoms. The van der Waals surface area contributed by atoms with Gasteiger partial charge in [0.25, 0.3) is 0 Å². The third kappa shape index (κ3) is 1.96. The Balaban J connectivity index is 2.16. The fourth-order valence-corrected chi connectivity index (χ4v) is 3.92. The topological polar surface area (TPSA) is 30.0 Å². The van der Waals surface area contributed by atoms with E-state index in [0.29, 0.717) is 16.5 Å². The van der Waals surface area contributed by atoms with Crippen molar-refractivity contribution in [3.05, 3.63) is 38.8 Å². The third-order valence-electron chi connectivity index (χ3n) is 2.94. The summed E-state index contributed by atoms with van der Waals surface area (Å²) in [5, 5.41) is 1.88. The molecule has 5 heteroatoms. The number of Topliss-reactive ketones (excluding diaryl/α,β-unsaturated/α-hetero) is 1. The number of rotatable bonds is 1. The molecule has 0 atom stereocenters. The second-order valence-electron chi connectivity index (χ2n) is 4.17. The highest BCUT2D eigenvalue weighted by molar-refractivity contribution is 7.17. The van der Waals surface area contributed by atoms with Gasteiger partial charge in [-0.05, 0) is 25.0 Å². The fraction of sp³-hybridized carbons (Fsp3) is 0.231. The molecule has 1 heterocycles. The number of benzene rings is 1. The van der Waals surface area contributed by atoms with Crippen LogP contribution < -0.4 is 0 Å². The van der Waals surface area contributed by atoms with Crippen molar-refractivity contribution in [2.45, 2.75) is 19.3 Å². The smallest absolute Gasteiger partial charge is 0.174 e. The van der Waals surface area contributed by atoms with Crippen LogP contribution in [-0.4, -0.2) is 10.8 Å². The number of ketones is 1. The van der Waals surface area contributed by atoms with Crippen LogP contribution in [0.1, 0.15) is 28.2 Å². The lowest BCUT2D eigenvalue weighted by molar-refractivity contribution is 0.0976. The van der Waals surface area contributed by atoms with Crippen molar-refractivity contribution >= 4 is 40.3 Å². The van der Waals surface area contributed by atoms with E-state index in [1.54, 1.807) is 18.2 Å². The Hall–Kier alpha value is -0.900. The van der Waals surface area contributed by atoms with Crippen molar-refractivity contribution in [3.8, 4) is 10.6 Å². The lowest BCUT2D eigenvalue weighted by Crippen LogP contribution is -2.07. The fourth-order valence-electron chi connectivity index (χ4n) is 2.08. The third-order valence-corrected chi connectivity index (χ3v) is 4.73. The van der Waals surface area contributed by atoms with Crippen molar-refractivity contribution < 1.29 is 4.79 Å². The number of halogens is 2. The molecule has 2 aromatic rings. The van der Waals surface area contributed by atoms with Gasteiger partial charge in [0.05, 0.1) is 20.6 Å². The Labute approximate surface area is 119 Å². The van der Waals surface area contributed by atoms with Crippen LogP contribution in [0, 0.1) is 0 Å². The Morgan fingerprint density at radius 3 is 2.56 bits per heavy atom. The average molecular weight is 298 g/mol. The number of nitrogens with zero attached hydrogens (tertiary/aromatic N) is 1. The maximum absolute atomic E-state index is 11.8.